The minimum atomic E-state index is -0.124. The van der Waals surface area contributed by atoms with Gasteiger partial charge in [-0.1, -0.05) is 68.4 Å². The molecule has 0 atom stereocenters. The molecule has 0 fully saturated rings. The minimum Gasteiger partial charge on any atom is -0.236 e. The van der Waals surface area contributed by atoms with Crippen molar-refractivity contribution in [2.24, 2.45) is 0 Å². The lowest BCUT2D eigenvalue weighted by atomic mass is 9.84. The summed E-state index contributed by atoms with van der Waals surface area (Å²) in [4.78, 5) is 9.62. The van der Waals surface area contributed by atoms with Crippen LogP contribution in [0.3, 0.4) is 0 Å². The largest absolute Gasteiger partial charge is 0.236 e. The summed E-state index contributed by atoms with van der Waals surface area (Å²) in [6.07, 6.45) is 1.99. The molecule has 1 aromatic heterocycles. The second kappa shape index (κ2) is 5.00. The lowest BCUT2D eigenvalue weighted by molar-refractivity contribution is 0.636. The molecule has 25 heavy (non-hydrogen) atoms. The molecule has 1 aliphatic rings. The summed E-state index contributed by atoms with van der Waals surface area (Å²) in [6, 6.07) is 23.3. The molecular formula is C23H18N2. The molecule has 5 rings (SSSR count). The Balaban J connectivity index is 1.76. The summed E-state index contributed by atoms with van der Waals surface area (Å²) < 4.78 is 0. The summed E-state index contributed by atoms with van der Waals surface area (Å²) in [7, 11) is 0. The maximum absolute atomic E-state index is 4.97. The first-order chi connectivity index (χ1) is 12.1. The normalized spacial score (nSPS) is 14.3. The molecule has 0 aliphatic heterocycles. The predicted octanol–water partition coefficient (Wildman–Crippen LogP) is 5.60. The lowest BCUT2D eigenvalue weighted by Crippen LogP contribution is -2.17. The third kappa shape index (κ3) is 2.04. The van der Waals surface area contributed by atoms with E-state index in [9.17, 15) is 0 Å². The fourth-order valence-corrected chi connectivity index (χ4v) is 3.89. The molecule has 0 radical (unpaired) electrons. The Morgan fingerprint density at radius 1 is 0.760 bits per heavy atom. The number of rotatable bonds is 1. The van der Waals surface area contributed by atoms with E-state index in [2.05, 4.69) is 67.4 Å². The van der Waals surface area contributed by atoms with Crippen LogP contribution in [0.2, 0.25) is 0 Å². The van der Waals surface area contributed by atoms with Gasteiger partial charge in [0.1, 0.15) is 0 Å². The van der Waals surface area contributed by atoms with Crippen molar-refractivity contribution >= 4 is 10.8 Å². The zero-order chi connectivity index (χ0) is 17.0. The number of nitrogens with zero attached hydrogens (tertiary/aromatic N) is 2. The fourth-order valence-electron chi connectivity index (χ4n) is 3.89. The zero-order valence-corrected chi connectivity index (χ0v) is 14.3. The standard InChI is InChI=1S/C23H18N2/c1-23(2)20-13-17-11-7-6-10-16(17)12-18(20)19-14-24-22(25-21(19)23)15-8-4-3-5-9-15/h3-14H,1-2H3. The number of aromatic nitrogens is 2. The van der Waals surface area contributed by atoms with Crippen LogP contribution in [0.15, 0.2) is 72.9 Å². The van der Waals surface area contributed by atoms with Crippen LogP contribution in [0.25, 0.3) is 33.3 Å². The van der Waals surface area contributed by atoms with Gasteiger partial charge in [0.15, 0.2) is 5.82 Å². The lowest BCUT2D eigenvalue weighted by Gasteiger charge is -2.20. The monoisotopic (exact) mass is 322 g/mol. The van der Waals surface area contributed by atoms with Crippen LogP contribution in [0, 0.1) is 0 Å². The van der Waals surface area contributed by atoms with Crippen LogP contribution in [0.4, 0.5) is 0 Å². The molecule has 1 aliphatic carbocycles. The van der Waals surface area contributed by atoms with Gasteiger partial charge in [-0.25, -0.2) is 9.97 Å². The predicted molar refractivity (Wildman–Crippen MR) is 103 cm³/mol. The van der Waals surface area contributed by atoms with Crippen LogP contribution < -0.4 is 0 Å². The van der Waals surface area contributed by atoms with E-state index in [1.54, 1.807) is 0 Å². The molecule has 4 aromatic rings. The van der Waals surface area contributed by atoms with Gasteiger partial charge in [0.2, 0.25) is 0 Å². The van der Waals surface area contributed by atoms with Gasteiger partial charge >= 0.3 is 0 Å². The topological polar surface area (TPSA) is 25.8 Å². The van der Waals surface area contributed by atoms with Crippen LogP contribution in [0.1, 0.15) is 25.1 Å². The van der Waals surface area contributed by atoms with E-state index in [0.29, 0.717) is 0 Å². The van der Waals surface area contributed by atoms with Crippen LogP contribution in [-0.4, -0.2) is 9.97 Å². The molecule has 1 heterocycles. The first-order valence-electron chi connectivity index (χ1n) is 8.61. The molecular weight excluding hydrogens is 304 g/mol. The van der Waals surface area contributed by atoms with E-state index in [1.807, 2.05) is 24.4 Å². The van der Waals surface area contributed by atoms with Gasteiger partial charge < -0.3 is 0 Å². The Hall–Kier alpha value is -3.00. The van der Waals surface area contributed by atoms with Crippen molar-refractivity contribution in [2.45, 2.75) is 19.3 Å². The summed E-state index contributed by atoms with van der Waals surface area (Å²) in [5.41, 5.74) is 5.81. The highest BCUT2D eigenvalue weighted by molar-refractivity contribution is 5.92. The molecule has 120 valence electrons. The number of benzene rings is 3. The molecule has 0 saturated carbocycles. The number of fused-ring (bicyclic) bond motifs is 4. The SMILES string of the molecule is CC1(C)c2cc3ccccc3cc2-c2cnc(-c3ccccc3)nc21. The zero-order valence-electron chi connectivity index (χ0n) is 14.3. The molecule has 3 aromatic carbocycles. The third-order valence-electron chi connectivity index (χ3n) is 5.26. The summed E-state index contributed by atoms with van der Waals surface area (Å²) in [5, 5.41) is 2.54. The summed E-state index contributed by atoms with van der Waals surface area (Å²) >= 11 is 0. The van der Waals surface area contributed by atoms with Crippen LogP contribution in [-0.2, 0) is 5.41 Å². The van der Waals surface area contributed by atoms with Crippen molar-refractivity contribution in [1.29, 1.82) is 0 Å². The van der Waals surface area contributed by atoms with E-state index in [4.69, 9.17) is 4.98 Å². The third-order valence-corrected chi connectivity index (χ3v) is 5.26. The van der Waals surface area contributed by atoms with E-state index < -0.39 is 0 Å². The summed E-state index contributed by atoms with van der Waals surface area (Å²) in [5.74, 6) is 0.796. The second-order valence-electron chi connectivity index (χ2n) is 7.19. The first-order valence-corrected chi connectivity index (χ1v) is 8.61. The van der Waals surface area contributed by atoms with Crippen LogP contribution >= 0.6 is 0 Å². The van der Waals surface area contributed by atoms with Gasteiger partial charge in [0.05, 0.1) is 5.69 Å². The minimum absolute atomic E-state index is 0.124. The highest BCUT2D eigenvalue weighted by Crippen LogP contribution is 2.48. The van der Waals surface area contributed by atoms with Gasteiger partial charge in [0, 0.05) is 22.7 Å². The van der Waals surface area contributed by atoms with Crippen molar-refractivity contribution < 1.29 is 0 Å². The van der Waals surface area contributed by atoms with Gasteiger partial charge in [-0.15, -0.1) is 0 Å². The Morgan fingerprint density at radius 2 is 1.44 bits per heavy atom. The number of hydrogen-bond donors (Lipinski definition) is 0. The molecule has 0 bridgehead atoms. The molecule has 0 spiro atoms. The van der Waals surface area contributed by atoms with Crippen molar-refractivity contribution in [3.8, 4) is 22.5 Å². The first kappa shape index (κ1) is 14.4. The molecule has 2 heteroatoms. The molecule has 2 nitrogen and oxygen atoms in total. The Kier molecular flexibility index (Phi) is 2.87. The van der Waals surface area contributed by atoms with Crippen LogP contribution in [0.5, 0.6) is 0 Å². The molecule has 0 saturated heterocycles. The average Bonchev–Trinajstić information content (AvgIpc) is 2.88. The second-order valence-corrected chi connectivity index (χ2v) is 7.19. The highest BCUT2D eigenvalue weighted by Gasteiger charge is 2.37. The van der Waals surface area contributed by atoms with Crippen molar-refractivity contribution in [2.75, 3.05) is 0 Å². The fraction of sp³-hybridized carbons (Fsp3) is 0.130. The van der Waals surface area contributed by atoms with Gasteiger partial charge in [-0.05, 0) is 34.0 Å². The van der Waals surface area contributed by atoms with Crippen molar-refractivity contribution in [3.05, 3.63) is 84.2 Å². The highest BCUT2D eigenvalue weighted by atomic mass is 14.9. The Morgan fingerprint density at radius 3 is 2.20 bits per heavy atom. The van der Waals surface area contributed by atoms with Gasteiger partial charge in [0.25, 0.3) is 0 Å². The van der Waals surface area contributed by atoms with E-state index in [-0.39, 0.29) is 5.41 Å². The van der Waals surface area contributed by atoms with Crippen molar-refractivity contribution in [3.63, 3.8) is 0 Å². The molecule has 0 unspecified atom stereocenters. The quantitative estimate of drug-likeness (QED) is 0.455. The molecule has 0 amide bonds. The van der Waals surface area contributed by atoms with Crippen molar-refractivity contribution in [1.82, 2.24) is 9.97 Å². The van der Waals surface area contributed by atoms with E-state index in [1.165, 1.54) is 21.9 Å². The molecule has 0 N–H and O–H groups in total. The maximum Gasteiger partial charge on any atom is 0.159 e. The maximum atomic E-state index is 4.97. The van der Waals surface area contributed by atoms with Gasteiger partial charge in [-0.2, -0.15) is 0 Å². The van der Waals surface area contributed by atoms with E-state index in [0.717, 1.165) is 22.6 Å². The number of hydrogen-bond acceptors (Lipinski definition) is 2. The average molecular weight is 322 g/mol. The summed E-state index contributed by atoms with van der Waals surface area (Å²) in [6.45, 7) is 4.52. The Labute approximate surface area is 147 Å². The van der Waals surface area contributed by atoms with E-state index >= 15 is 0 Å². The van der Waals surface area contributed by atoms with Gasteiger partial charge in [-0.3, -0.25) is 0 Å². The smallest absolute Gasteiger partial charge is 0.159 e. The Bertz CT molecular complexity index is 1110.